The lowest BCUT2D eigenvalue weighted by molar-refractivity contribution is 0.0563. The summed E-state index contributed by atoms with van der Waals surface area (Å²) in [6.45, 7) is 8.18. The van der Waals surface area contributed by atoms with E-state index in [1.807, 2.05) is 0 Å². The first-order valence-electron chi connectivity index (χ1n) is 5.92. The summed E-state index contributed by atoms with van der Waals surface area (Å²) in [5, 5.41) is 3.31. The standard InChI is InChI=1S/C13H21NO3/c1-9(2)10(3)7-14-8-11-5-6-12(17-11)13(15)16-4/h5-6,9-10,14H,7-8H2,1-4H3. The fraction of sp³-hybridized carbons (Fsp3) is 0.615. The first kappa shape index (κ1) is 13.8. The van der Waals surface area contributed by atoms with Gasteiger partial charge in [-0.3, -0.25) is 0 Å². The van der Waals surface area contributed by atoms with E-state index in [1.165, 1.54) is 7.11 Å². The number of furan rings is 1. The molecule has 4 heteroatoms. The van der Waals surface area contributed by atoms with E-state index in [2.05, 4.69) is 30.8 Å². The Bertz CT molecular complexity index is 357. The minimum atomic E-state index is -0.438. The molecule has 0 aliphatic rings. The fourth-order valence-corrected chi connectivity index (χ4v) is 1.34. The van der Waals surface area contributed by atoms with Gasteiger partial charge in [-0.1, -0.05) is 20.8 Å². The predicted octanol–water partition coefficient (Wildman–Crippen LogP) is 2.45. The molecule has 0 saturated heterocycles. The molecule has 1 aromatic rings. The van der Waals surface area contributed by atoms with Gasteiger partial charge in [0.25, 0.3) is 0 Å². The van der Waals surface area contributed by atoms with Crippen LogP contribution in [0.2, 0.25) is 0 Å². The van der Waals surface area contributed by atoms with Gasteiger partial charge >= 0.3 is 5.97 Å². The van der Waals surface area contributed by atoms with E-state index in [4.69, 9.17) is 4.42 Å². The van der Waals surface area contributed by atoms with E-state index >= 15 is 0 Å². The van der Waals surface area contributed by atoms with Gasteiger partial charge in [0, 0.05) is 0 Å². The van der Waals surface area contributed by atoms with Crippen molar-refractivity contribution >= 4 is 5.97 Å². The van der Waals surface area contributed by atoms with Crippen LogP contribution < -0.4 is 5.32 Å². The number of ether oxygens (including phenoxy) is 1. The minimum absolute atomic E-state index is 0.251. The SMILES string of the molecule is COC(=O)c1ccc(CNCC(C)C(C)C)o1. The van der Waals surface area contributed by atoms with Crippen molar-refractivity contribution in [3.8, 4) is 0 Å². The Balaban J connectivity index is 2.37. The Morgan fingerprint density at radius 3 is 2.71 bits per heavy atom. The molecule has 0 radical (unpaired) electrons. The molecule has 0 bridgehead atoms. The van der Waals surface area contributed by atoms with E-state index in [0.717, 1.165) is 12.3 Å². The highest BCUT2D eigenvalue weighted by atomic mass is 16.5. The lowest BCUT2D eigenvalue weighted by Crippen LogP contribution is -2.23. The number of rotatable bonds is 6. The maximum atomic E-state index is 11.2. The maximum Gasteiger partial charge on any atom is 0.373 e. The third kappa shape index (κ3) is 4.23. The number of carbonyl (C=O) groups is 1. The number of carbonyl (C=O) groups excluding carboxylic acids is 1. The number of esters is 1. The van der Waals surface area contributed by atoms with Gasteiger partial charge in [-0.2, -0.15) is 0 Å². The van der Waals surface area contributed by atoms with Crippen LogP contribution in [-0.2, 0) is 11.3 Å². The zero-order valence-electron chi connectivity index (χ0n) is 10.9. The molecule has 96 valence electrons. The number of nitrogens with one attached hydrogen (secondary N) is 1. The van der Waals surface area contributed by atoms with E-state index in [9.17, 15) is 4.79 Å². The van der Waals surface area contributed by atoms with Crippen LogP contribution in [0.5, 0.6) is 0 Å². The molecular weight excluding hydrogens is 218 g/mol. The zero-order chi connectivity index (χ0) is 12.8. The summed E-state index contributed by atoms with van der Waals surface area (Å²) in [5.74, 6) is 1.84. The molecule has 1 rings (SSSR count). The van der Waals surface area contributed by atoms with Crippen molar-refractivity contribution in [3.63, 3.8) is 0 Å². The second-order valence-electron chi connectivity index (χ2n) is 4.61. The largest absolute Gasteiger partial charge is 0.463 e. The maximum absolute atomic E-state index is 11.2. The van der Waals surface area contributed by atoms with Crippen molar-refractivity contribution in [2.24, 2.45) is 11.8 Å². The summed E-state index contributed by atoms with van der Waals surface area (Å²) in [6.07, 6.45) is 0. The molecule has 0 spiro atoms. The molecule has 0 fully saturated rings. The zero-order valence-corrected chi connectivity index (χ0v) is 10.9. The molecule has 0 aliphatic carbocycles. The fourth-order valence-electron chi connectivity index (χ4n) is 1.34. The second kappa shape index (κ2) is 6.45. The van der Waals surface area contributed by atoms with E-state index in [-0.39, 0.29) is 5.76 Å². The summed E-state index contributed by atoms with van der Waals surface area (Å²) in [5.41, 5.74) is 0. The van der Waals surface area contributed by atoms with Crippen LogP contribution in [-0.4, -0.2) is 19.6 Å². The molecule has 17 heavy (non-hydrogen) atoms. The molecule has 1 atom stereocenters. The topological polar surface area (TPSA) is 51.5 Å². The third-order valence-corrected chi connectivity index (χ3v) is 2.95. The summed E-state index contributed by atoms with van der Waals surface area (Å²) < 4.78 is 9.91. The van der Waals surface area contributed by atoms with Gasteiger partial charge in [0.1, 0.15) is 5.76 Å². The van der Waals surface area contributed by atoms with E-state index in [1.54, 1.807) is 12.1 Å². The summed E-state index contributed by atoms with van der Waals surface area (Å²) in [4.78, 5) is 11.2. The number of hydrogen-bond donors (Lipinski definition) is 1. The number of hydrogen-bond acceptors (Lipinski definition) is 4. The van der Waals surface area contributed by atoms with Gasteiger partial charge in [-0.15, -0.1) is 0 Å². The van der Waals surface area contributed by atoms with E-state index in [0.29, 0.717) is 18.4 Å². The van der Waals surface area contributed by atoms with Crippen molar-refractivity contribution in [1.82, 2.24) is 5.32 Å². The highest BCUT2D eigenvalue weighted by Gasteiger charge is 2.11. The van der Waals surface area contributed by atoms with Crippen molar-refractivity contribution < 1.29 is 13.9 Å². The Morgan fingerprint density at radius 2 is 2.12 bits per heavy atom. The molecule has 4 nitrogen and oxygen atoms in total. The predicted molar refractivity (Wildman–Crippen MR) is 65.8 cm³/mol. The van der Waals surface area contributed by atoms with Crippen molar-refractivity contribution in [1.29, 1.82) is 0 Å². The van der Waals surface area contributed by atoms with Crippen LogP contribution >= 0.6 is 0 Å². The van der Waals surface area contributed by atoms with Crippen LogP contribution in [0, 0.1) is 11.8 Å². The molecule has 0 saturated carbocycles. The Kier molecular flexibility index (Phi) is 5.22. The Labute approximate surface area is 102 Å². The second-order valence-corrected chi connectivity index (χ2v) is 4.61. The summed E-state index contributed by atoms with van der Waals surface area (Å²) >= 11 is 0. The van der Waals surface area contributed by atoms with Crippen LogP contribution in [0.1, 0.15) is 37.1 Å². The molecule has 0 aromatic carbocycles. The minimum Gasteiger partial charge on any atom is -0.463 e. The van der Waals surface area contributed by atoms with Crippen molar-refractivity contribution in [2.75, 3.05) is 13.7 Å². The van der Waals surface area contributed by atoms with Crippen LogP contribution in [0.15, 0.2) is 16.5 Å². The summed E-state index contributed by atoms with van der Waals surface area (Å²) in [6, 6.07) is 3.42. The quantitative estimate of drug-likeness (QED) is 0.775. The molecule has 0 aliphatic heterocycles. The molecule has 1 heterocycles. The molecule has 1 aromatic heterocycles. The smallest absolute Gasteiger partial charge is 0.373 e. The lowest BCUT2D eigenvalue weighted by atomic mass is 9.98. The van der Waals surface area contributed by atoms with Crippen LogP contribution in [0.3, 0.4) is 0 Å². The highest BCUT2D eigenvalue weighted by molar-refractivity contribution is 5.86. The molecule has 1 unspecified atom stereocenters. The lowest BCUT2D eigenvalue weighted by Gasteiger charge is -2.15. The first-order chi connectivity index (χ1) is 8.04. The molecular formula is C13H21NO3. The first-order valence-corrected chi connectivity index (χ1v) is 5.92. The van der Waals surface area contributed by atoms with Crippen LogP contribution in [0.4, 0.5) is 0 Å². The van der Waals surface area contributed by atoms with Gasteiger partial charge in [-0.25, -0.2) is 4.79 Å². The van der Waals surface area contributed by atoms with Gasteiger partial charge in [-0.05, 0) is 30.5 Å². The molecule has 1 N–H and O–H groups in total. The highest BCUT2D eigenvalue weighted by Crippen LogP contribution is 2.10. The van der Waals surface area contributed by atoms with Gasteiger partial charge in [0.05, 0.1) is 13.7 Å². The van der Waals surface area contributed by atoms with Gasteiger partial charge in [0.15, 0.2) is 0 Å². The van der Waals surface area contributed by atoms with Crippen molar-refractivity contribution in [3.05, 3.63) is 23.7 Å². The van der Waals surface area contributed by atoms with Crippen molar-refractivity contribution in [2.45, 2.75) is 27.3 Å². The van der Waals surface area contributed by atoms with Crippen LogP contribution in [0.25, 0.3) is 0 Å². The van der Waals surface area contributed by atoms with Gasteiger partial charge in [0.2, 0.25) is 5.76 Å². The average Bonchev–Trinajstić information content (AvgIpc) is 2.76. The third-order valence-electron chi connectivity index (χ3n) is 2.95. The average molecular weight is 239 g/mol. The monoisotopic (exact) mass is 239 g/mol. The number of methoxy groups -OCH3 is 1. The summed E-state index contributed by atoms with van der Waals surface area (Å²) in [7, 11) is 1.34. The van der Waals surface area contributed by atoms with Gasteiger partial charge < -0.3 is 14.5 Å². The normalized spacial score (nSPS) is 12.8. The Hall–Kier alpha value is -1.29. The Morgan fingerprint density at radius 1 is 1.41 bits per heavy atom. The van der Waals surface area contributed by atoms with E-state index < -0.39 is 5.97 Å². The molecule has 0 amide bonds.